The standard InChI is InChI=1S/C16H26N2/c1-4-18-8-7-15(12-18)10-17-11-16-9-13(2)5-6-14(16)3/h5-6,9,15,17H,4,7-8,10-12H2,1-3H3. The fourth-order valence-corrected chi connectivity index (χ4v) is 2.77. The van der Waals surface area contributed by atoms with E-state index in [0.29, 0.717) is 0 Å². The Bertz CT molecular complexity index is 387. The van der Waals surface area contributed by atoms with Gasteiger partial charge in [0.05, 0.1) is 0 Å². The van der Waals surface area contributed by atoms with E-state index in [9.17, 15) is 0 Å². The minimum atomic E-state index is 0.843. The first-order chi connectivity index (χ1) is 8.69. The highest BCUT2D eigenvalue weighted by atomic mass is 15.1. The van der Waals surface area contributed by atoms with Crippen molar-refractivity contribution in [2.24, 2.45) is 5.92 Å². The summed E-state index contributed by atoms with van der Waals surface area (Å²) < 4.78 is 0. The van der Waals surface area contributed by atoms with Gasteiger partial charge in [0.2, 0.25) is 0 Å². The van der Waals surface area contributed by atoms with Crippen molar-refractivity contribution in [3.63, 3.8) is 0 Å². The molecule has 0 aromatic heterocycles. The topological polar surface area (TPSA) is 15.3 Å². The first-order valence-electron chi connectivity index (χ1n) is 7.18. The van der Waals surface area contributed by atoms with Gasteiger partial charge in [0.25, 0.3) is 0 Å². The van der Waals surface area contributed by atoms with Crippen LogP contribution in [0.5, 0.6) is 0 Å². The summed E-state index contributed by atoms with van der Waals surface area (Å²) in [6.45, 7) is 12.5. The summed E-state index contributed by atoms with van der Waals surface area (Å²) >= 11 is 0. The molecule has 1 saturated heterocycles. The van der Waals surface area contributed by atoms with Gasteiger partial charge in [0.15, 0.2) is 0 Å². The summed E-state index contributed by atoms with van der Waals surface area (Å²) in [5, 5.41) is 3.63. The largest absolute Gasteiger partial charge is 0.312 e. The highest BCUT2D eigenvalue weighted by Gasteiger charge is 2.20. The average Bonchev–Trinajstić information content (AvgIpc) is 2.81. The smallest absolute Gasteiger partial charge is 0.0208 e. The number of aryl methyl sites for hydroxylation is 2. The zero-order valence-electron chi connectivity index (χ0n) is 12.0. The molecule has 1 fully saturated rings. The number of likely N-dealkylation sites (tertiary alicyclic amines) is 1. The van der Waals surface area contributed by atoms with Crippen LogP contribution in [0.1, 0.15) is 30.0 Å². The molecule has 0 spiro atoms. The molecule has 0 amide bonds. The van der Waals surface area contributed by atoms with E-state index in [4.69, 9.17) is 0 Å². The zero-order chi connectivity index (χ0) is 13.0. The SMILES string of the molecule is CCN1CCC(CNCc2cc(C)ccc2C)C1. The van der Waals surface area contributed by atoms with Gasteiger partial charge < -0.3 is 10.2 Å². The molecule has 100 valence electrons. The van der Waals surface area contributed by atoms with E-state index in [0.717, 1.165) is 19.0 Å². The molecule has 2 rings (SSSR count). The predicted octanol–water partition coefficient (Wildman–Crippen LogP) is 2.73. The molecule has 0 aliphatic carbocycles. The Kier molecular flexibility index (Phi) is 4.79. The van der Waals surface area contributed by atoms with Crippen LogP contribution in [0.3, 0.4) is 0 Å². The highest BCUT2D eigenvalue weighted by Crippen LogP contribution is 2.15. The second-order valence-electron chi connectivity index (χ2n) is 5.61. The lowest BCUT2D eigenvalue weighted by Crippen LogP contribution is -2.26. The van der Waals surface area contributed by atoms with Crippen molar-refractivity contribution in [2.45, 2.75) is 33.7 Å². The van der Waals surface area contributed by atoms with E-state index in [-0.39, 0.29) is 0 Å². The van der Waals surface area contributed by atoms with Crippen LogP contribution >= 0.6 is 0 Å². The van der Waals surface area contributed by atoms with Crippen molar-refractivity contribution in [2.75, 3.05) is 26.2 Å². The third-order valence-corrected chi connectivity index (χ3v) is 4.07. The van der Waals surface area contributed by atoms with Gasteiger partial charge in [-0.2, -0.15) is 0 Å². The zero-order valence-corrected chi connectivity index (χ0v) is 12.0. The molecule has 0 bridgehead atoms. The molecule has 0 radical (unpaired) electrons. The second kappa shape index (κ2) is 6.35. The maximum absolute atomic E-state index is 3.63. The number of nitrogens with one attached hydrogen (secondary N) is 1. The van der Waals surface area contributed by atoms with Crippen molar-refractivity contribution < 1.29 is 0 Å². The number of benzene rings is 1. The third kappa shape index (κ3) is 3.56. The molecule has 1 atom stereocenters. The lowest BCUT2D eigenvalue weighted by atomic mass is 10.1. The Balaban J connectivity index is 1.77. The van der Waals surface area contributed by atoms with Crippen molar-refractivity contribution in [3.8, 4) is 0 Å². The van der Waals surface area contributed by atoms with Crippen LogP contribution in [-0.2, 0) is 6.54 Å². The van der Waals surface area contributed by atoms with Gasteiger partial charge >= 0.3 is 0 Å². The molecule has 1 aromatic rings. The summed E-state index contributed by atoms with van der Waals surface area (Å²) in [7, 11) is 0. The van der Waals surface area contributed by atoms with Crippen molar-refractivity contribution in [1.29, 1.82) is 0 Å². The summed E-state index contributed by atoms with van der Waals surface area (Å²) in [4.78, 5) is 2.55. The van der Waals surface area contributed by atoms with Crippen LogP contribution in [0.4, 0.5) is 0 Å². The number of rotatable bonds is 5. The predicted molar refractivity (Wildman–Crippen MR) is 77.8 cm³/mol. The van der Waals surface area contributed by atoms with Crippen LogP contribution < -0.4 is 5.32 Å². The van der Waals surface area contributed by atoms with E-state index >= 15 is 0 Å². The fourth-order valence-electron chi connectivity index (χ4n) is 2.77. The maximum Gasteiger partial charge on any atom is 0.0208 e. The Morgan fingerprint density at radius 3 is 2.89 bits per heavy atom. The summed E-state index contributed by atoms with van der Waals surface area (Å²) in [6, 6.07) is 6.71. The van der Waals surface area contributed by atoms with Gasteiger partial charge in [-0.15, -0.1) is 0 Å². The molecular formula is C16H26N2. The van der Waals surface area contributed by atoms with E-state index in [1.807, 2.05) is 0 Å². The molecule has 1 aliphatic rings. The number of hydrogen-bond donors (Lipinski definition) is 1. The van der Waals surface area contributed by atoms with Gasteiger partial charge in [-0.25, -0.2) is 0 Å². The molecular weight excluding hydrogens is 220 g/mol. The van der Waals surface area contributed by atoms with E-state index < -0.39 is 0 Å². The van der Waals surface area contributed by atoms with Gasteiger partial charge in [0, 0.05) is 13.1 Å². The molecule has 18 heavy (non-hydrogen) atoms. The normalized spacial score (nSPS) is 20.5. The molecule has 2 nitrogen and oxygen atoms in total. The summed E-state index contributed by atoms with van der Waals surface area (Å²) in [5.41, 5.74) is 4.20. The van der Waals surface area contributed by atoms with Crippen LogP contribution in [0.15, 0.2) is 18.2 Å². The van der Waals surface area contributed by atoms with Crippen molar-refractivity contribution in [3.05, 3.63) is 34.9 Å². The fraction of sp³-hybridized carbons (Fsp3) is 0.625. The monoisotopic (exact) mass is 246 g/mol. The minimum absolute atomic E-state index is 0.843. The Morgan fingerprint density at radius 1 is 1.33 bits per heavy atom. The quantitative estimate of drug-likeness (QED) is 0.859. The first-order valence-corrected chi connectivity index (χ1v) is 7.18. The summed E-state index contributed by atoms with van der Waals surface area (Å²) in [6.07, 6.45) is 1.35. The molecule has 1 N–H and O–H groups in total. The van der Waals surface area contributed by atoms with Crippen LogP contribution in [0, 0.1) is 19.8 Å². The molecule has 1 aromatic carbocycles. The Hall–Kier alpha value is -0.860. The van der Waals surface area contributed by atoms with Gasteiger partial charge in [-0.1, -0.05) is 30.7 Å². The molecule has 1 heterocycles. The van der Waals surface area contributed by atoms with Crippen LogP contribution in [-0.4, -0.2) is 31.1 Å². The molecule has 1 unspecified atom stereocenters. The average molecular weight is 246 g/mol. The van der Waals surface area contributed by atoms with E-state index in [1.54, 1.807) is 0 Å². The minimum Gasteiger partial charge on any atom is -0.312 e. The Morgan fingerprint density at radius 2 is 2.17 bits per heavy atom. The second-order valence-corrected chi connectivity index (χ2v) is 5.61. The van der Waals surface area contributed by atoms with E-state index in [1.165, 1.54) is 42.7 Å². The summed E-state index contributed by atoms with van der Waals surface area (Å²) in [5.74, 6) is 0.843. The Labute approximate surface area is 111 Å². The van der Waals surface area contributed by atoms with Crippen molar-refractivity contribution in [1.82, 2.24) is 10.2 Å². The van der Waals surface area contributed by atoms with E-state index in [2.05, 4.69) is 49.2 Å². The molecule has 0 saturated carbocycles. The van der Waals surface area contributed by atoms with Gasteiger partial charge in [-0.05, 0) is 56.9 Å². The van der Waals surface area contributed by atoms with Gasteiger partial charge in [0.1, 0.15) is 0 Å². The lowest BCUT2D eigenvalue weighted by Gasteiger charge is -2.14. The van der Waals surface area contributed by atoms with Crippen molar-refractivity contribution >= 4 is 0 Å². The molecule has 1 aliphatic heterocycles. The highest BCUT2D eigenvalue weighted by molar-refractivity contribution is 5.30. The lowest BCUT2D eigenvalue weighted by molar-refractivity contribution is 0.339. The maximum atomic E-state index is 3.63. The van der Waals surface area contributed by atoms with Crippen LogP contribution in [0.2, 0.25) is 0 Å². The first kappa shape index (κ1) is 13.6. The van der Waals surface area contributed by atoms with Gasteiger partial charge in [-0.3, -0.25) is 0 Å². The third-order valence-electron chi connectivity index (χ3n) is 4.07. The van der Waals surface area contributed by atoms with Crippen LogP contribution in [0.25, 0.3) is 0 Å². The molecule has 2 heteroatoms. The number of nitrogens with zero attached hydrogens (tertiary/aromatic N) is 1. The number of hydrogen-bond acceptors (Lipinski definition) is 2.